The molecule has 0 unspecified atom stereocenters. The molecule has 1 heterocycles. The minimum absolute atomic E-state index is 0.105. The van der Waals surface area contributed by atoms with Gasteiger partial charge in [-0.15, -0.1) is 0 Å². The van der Waals surface area contributed by atoms with E-state index in [1.54, 1.807) is 12.1 Å². The zero-order valence-electron chi connectivity index (χ0n) is 17.3. The van der Waals surface area contributed by atoms with Crippen LogP contribution >= 0.6 is 0 Å². The second-order valence-corrected chi connectivity index (χ2v) is 7.90. The summed E-state index contributed by atoms with van der Waals surface area (Å²) in [5, 5.41) is 24.7. The lowest BCUT2D eigenvalue weighted by atomic mass is 9.96. The molecule has 0 radical (unpaired) electrons. The molecule has 1 aromatic heterocycles. The van der Waals surface area contributed by atoms with Gasteiger partial charge in [0.25, 0.3) is 0 Å². The fraction of sp³-hybridized carbons (Fsp3) is 0.192. The van der Waals surface area contributed by atoms with E-state index in [0.717, 1.165) is 22.0 Å². The van der Waals surface area contributed by atoms with E-state index in [-0.39, 0.29) is 11.5 Å². The lowest BCUT2D eigenvalue weighted by molar-refractivity contribution is 0.403. The number of rotatable bonds is 6. The average molecular weight is 399 g/mol. The van der Waals surface area contributed by atoms with Gasteiger partial charge in [-0.05, 0) is 57.8 Å². The highest BCUT2D eigenvalue weighted by Crippen LogP contribution is 2.28. The van der Waals surface area contributed by atoms with Crippen molar-refractivity contribution in [3.8, 4) is 22.6 Å². The van der Waals surface area contributed by atoms with Crippen molar-refractivity contribution < 1.29 is 10.2 Å². The van der Waals surface area contributed by atoms with E-state index in [1.807, 2.05) is 12.3 Å². The summed E-state index contributed by atoms with van der Waals surface area (Å²) in [4.78, 5) is 4.56. The Morgan fingerprint density at radius 1 is 0.833 bits per heavy atom. The van der Waals surface area contributed by atoms with Gasteiger partial charge in [0, 0.05) is 24.7 Å². The number of phenols is 2. The summed E-state index contributed by atoms with van der Waals surface area (Å²) in [6, 6.07) is 22.1. The second kappa shape index (κ2) is 8.56. The van der Waals surface area contributed by atoms with E-state index >= 15 is 0 Å². The summed E-state index contributed by atoms with van der Waals surface area (Å²) in [6.07, 6.45) is 1.85. The molecule has 3 aromatic carbocycles. The molecule has 152 valence electrons. The van der Waals surface area contributed by atoms with E-state index in [1.165, 1.54) is 22.8 Å². The van der Waals surface area contributed by atoms with E-state index in [9.17, 15) is 10.2 Å². The first-order valence-corrected chi connectivity index (χ1v) is 10.2. The second-order valence-electron chi connectivity index (χ2n) is 7.90. The van der Waals surface area contributed by atoms with Gasteiger partial charge in [-0.2, -0.15) is 0 Å². The molecule has 0 saturated carbocycles. The first-order valence-electron chi connectivity index (χ1n) is 10.2. The zero-order chi connectivity index (χ0) is 21.1. The predicted molar refractivity (Wildman–Crippen MR) is 122 cm³/mol. The number of phenolic OH excluding ortho intramolecular Hbond substituents is 2. The first-order chi connectivity index (χ1) is 14.5. The molecule has 0 aliphatic carbocycles. The number of aromatic nitrogens is 1. The summed E-state index contributed by atoms with van der Waals surface area (Å²) in [6.45, 7) is 5.61. The molecule has 4 rings (SSSR count). The molecule has 0 atom stereocenters. The third-order valence-corrected chi connectivity index (χ3v) is 5.39. The molecular weight excluding hydrogens is 372 g/mol. The van der Waals surface area contributed by atoms with Gasteiger partial charge in [0.15, 0.2) is 11.5 Å². The molecule has 30 heavy (non-hydrogen) atoms. The van der Waals surface area contributed by atoms with Crippen LogP contribution in [0.5, 0.6) is 11.5 Å². The fourth-order valence-electron chi connectivity index (χ4n) is 3.64. The highest BCUT2D eigenvalue weighted by Gasteiger charge is 2.07. The molecule has 0 fully saturated rings. The summed E-state index contributed by atoms with van der Waals surface area (Å²) >= 11 is 0. The van der Waals surface area contributed by atoms with Crippen molar-refractivity contribution in [3.05, 3.63) is 89.7 Å². The largest absolute Gasteiger partial charge is 0.504 e. The number of nitrogens with one attached hydrogen (secondary N) is 1. The molecule has 0 amide bonds. The van der Waals surface area contributed by atoms with Crippen LogP contribution in [0, 0.1) is 0 Å². The van der Waals surface area contributed by atoms with Crippen molar-refractivity contribution in [3.63, 3.8) is 0 Å². The molecule has 0 aliphatic heterocycles. The van der Waals surface area contributed by atoms with Crippen LogP contribution in [-0.4, -0.2) is 15.2 Å². The Bertz CT molecular complexity index is 1180. The number of aromatic hydroxyl groups is 2. The molecule has 4 heteroatoms. The van der Waals surface area contributed by atoms with Crippen LogP contribution in [0.1, 0.15) is 36.6 Å². The Morgan fingerprint density at radius 3 is 2.47 bits per heavy atom. The smallest absolute Gasteiger partial charge is 0.157 e. The highest BCUT2D eigenvalue weighted by atomic mass is 16.3. The fourth-order valence-corrected chi connectivity index (χ4v) is 3.64. The Morgan fingerprint density at radius 2 is 1.67 bits per heavy atom. The molecule has 3 N–H and O–H groups in total. The van der Waals surface area contributed by atoms with Gasteiger partial charge in [-0.25, -0.2) is 0 Å². The highest BCUT2D eigenvalue weighted by molar-refractivity contribution is 5.88. The molecule has 0 bridgehead atoms. The maximum absolute atomic E-state index is 9.64. The molecule has 0 aliphatic rings. The standard InChI is InChI=1S/C26H26N2O2/c1-17(2)19-4-3-5-20(13-19)21-7-8-23-22(14-21)10-11-28-24(23)16-27-15-18-6-9-25(29)26(30)12-18/h3-14,17,27,29-30H,15-16H2,1-2H3. The molecule has 4 aromatic rings. The Hall–Kier alpha value is -3.37. The topological polar surface area (TPSA) is 65.4 Å². The maximum atomic E-state index is 9.64. The van der Waals surface area contributed by atoms with Crippen LogP contribution in [-0.2, 0) is 13.1 Å². The van der Waals surface area contributed by atoms with Crippen LogP contribution in [0.3, 0.4) is 0 Å². The normalized spacial score (nSPS) is 11.3. The number of fused-ring (bicyclic) bond motifs is 1. The third kappa shape index (κ3) is 4.29. The minimum atomic E-state index is -0.107. The number of benzene rings is 3. The number of hydrogen-bond donors (Lipinski definition) is 3. The van der Waals surface area contributed by atoms with Crippen LogP contribution in [0.4, 0.5) is 0 Å². The number of hydrogen-bond acceptors (Lipinski definition) is 4. The summed E-state index contributed by atoms with van der Waals surface area (Å²) in [7, 11) is 0. The third-order valence-electron chi connectivity index (χ3n) is 5.39. The van der Waals surface area contributed by atoms with Crippen molar-refractivity contribution >= 4 is 10.8 Å². The van der Waals surface area contributed by atoms with Gasteiger partial charge in [0.1, 0.15) is 0 Å². The van der Waals surface area contributed by atoms with Gasteiger partial charge in [0.2, 0.25) is 0 Å². The van der Waals surface area contributed by atoms with Gasteiger partial charge in [-0.1, -0.05) is 56.3 Å². The van der Waals surface area contributed by atoms with Crippen molar-refractivity contribution in [2.24, 2.45) is 0 Å². The Balaban J connectivity index is 1.54. The van der Waals surface area contributed by atoms with Crippen LogP contribution < -0.4 is 5.32 Å². The predicted octanol–water partition coefficient (Wildman–Crippen LogP) is 5.73. The zero-order valence-corrected chi connectivity index (χ0v) is 17.3. The van der Waals surface area contributed by atoms with Crippen LogP contribution in [0.25, 0.3) is 21.9 Å². The molecule has 4 nitrogen and oxygen atoms in total. The van der Waals surface area contributed by atoms with Crippen molar-refractivity contribution in [2.75, 3.05) is 0 Å². The van der Waals surface area contributed by atoms with Crippen LogP contribution in [0.15, 0.2) is 72.9 Å². The summed E-state index contributed by atoms with van der Waals surface area (Å²) < 4.78 is 0. The van der Waals surface area contributed by atoms with Crippen molar-refractivity contribution in [1.82, 2.24) is 10.3 Å². The number of nitrogens with zero attached hydrogens (tertiary/aromatic N) is 1. The molecular formula is C26H26N2O2. The number of pyridine rings is 1. The maximum Gasteiger partial charge on any atom is 0.157 e. The SMILES string of the molecule is CC(C)c1cccc(-c2ccc3c(CNCc4ccc(O)c(O)c4)nccc3c2)c1. The first kappa shape index (κ1) is 19.9. The Labute approximate surface area is 176 Å². The van der Waals surface area contributed by atoms with E-state index in [0.29, 0.717) is 19.0 Å². The van der Waals surface area contributed by atoms with E-state index in [2.05, 4.69) is 66.6 Å². The minimum Gasteiger partial charge on any atom is -0.504 e. The lowest BCUT2D eigenvalue weighted by Gasteiger charge is -2.11. The van der Waals surface area contributed by atoms with Crippen molar-refractivity contribution in [2.45, 2.75) is 32.9 Å². The van der Waals surface area contributed by atoms with Gasteiger partial charge < -0.3 is 15.5 Å². The van der Waals surface area contributed by atoms with Gasteiger partial charge in [0.05, 0.1) is 5.69 Å². The quantitative estimate of drug-likeness (QED) is 0.363. The molecule has 0 saturated heterocycles. The van der Waals surface area contributed by atoms with Gasteiger partial charge in [-0.3, -0.25) is 4.98 Å². The Kier molecular flexibility index (Phi) is 5.68. The lowest BCUT2D eigenvalue weighted by Crippen LogP contribution is -2.13. The van der Waals surface area contributed by atoms with Crippen molar-refractivity contribution in [1.29, 1.82) is 0 Å². The molecule has 0 spiro atoms. The summed E-state index contributed by atoms with van der Waals surface area (Å²) in [5.74, 6) is 0.290. The monoisotopic (exact) mass is 398 g/mol. The average Bonchev–Trinajstić information content (AvgIpc) is 2.76. The van der Waals surface area contributed by atoms with E-state index < -0.39 is 0 Å². The van der Waals surface area contributed by atoms with E-state index in [4.69, 9.17) is 0 Å². The van der Waals surface area contributed by atoms with Crippen LogP contribution in [0.2, 0.25) is 0 Å². The summed E-state index contributed by atoms with van der Waals surface area (Å²) in [5.41, 5.74) is 5.66. The van der Waals surface area contributed by atoms with Gasteiger partial charge >= 0.3 is 0 Å².